The molecule has 4 heterocycles. The smallest absolute Gasteiger partial charge is 0.274 e. The van der Waals surface area contributed by atoms with Gasteiger partial charge in [-0.2, -0.15) is 0 Å². The van der Waals surface area contributed by atoms with Crippen molar-refractivity contribution in [2.24, 2.45) is 7.05 Å². The van der Waals surface area contributed by atoms with E-state index >= 15 is 0 Å². The molecule has 0 spiro atoms. The van der Waals surface area contributed by atoms with Crippen LogP contribution in [0.3, 0.4) is 0 Å². The number of rotatable bonds is 3. The van der Waals surface area contributed by atoms with Crippen LogP contribution in [0.25, 0.3) is 11.4 Å². The van der Waals surface area contributed by atoms with Crippen LogP contribution >= 0.6 is 0 Å². The van der Waals surface area contributed by atoms with Crippen molar-refractivity contribution in [3.63, 3.8) is 0 Å². The lowest BCUT2D eigenvalue weighted by Crippen LogP contribution is -2.38. The summed E-state index contributed by atoms with van der Waals surface area (Å²) in [7, 11) is 1.94. The van der Waals surface area contributed by atoms with Crippen LogP contribution in [-0.4, -0.2) is 53.4 Å². The normalized spacial score (nSPS) is 15.2. The Balaban J connectivity index is 1.45. The molecule has 8 nitrogen and oxygen atoms in total. The molecule has 0 aromatic carbocycles. The Morgan fingerprint density at radius 1 is 1.04 bits per heavy atom. The highest BCUT2D eigenvalue weighted by molar-refractivity contribution is 5.92. The Morgan fingerprint density at radius 3 is 2.58 bits per heavy atom. The standard InChI is InChI=1S/C18H19N7O/c1-24-12-21-11-17(24)15-9-20-8-14(23-15)13-2-6-25(7-3-13)18(26)16-10-19-4-5-22-16/h4-5,8-13H,2-3,6-7H2,1H3. The van der Waals surface area contributed by atoms with Crippen molar-refractivity contribution in [1.82, 2.24) is 34.4 Å². The maximum absolute atomic E-state index is 12.5. The van der Waals surface area contributed by atoms with Crippen LogP contribution in [0.5, 0.6) is 0 Å². The Kier molecular flexibility index (Phi) is 4.39. The molecule has 1 fully saturated rings. The first kappa shape index (κ1) is 16.3. The van der Waals surface area contributed by atoms with Crippen LogP contribution < -0.4 is 0 Å². The molecule has 0 unspecified atom stereocenters. The minimum absolute atomic E-state index is 0.0636. The number of aryl methyl sites for hydroxylation is 1. The van der Waals surface area contributed by atoms with E-state index in [0.29, 0.717) is 24.7 Å². The van der Waals surface area contributed by atoms with Crippen molar-refractivity contribution in [1.29, 1.82) is 0 Å². The Labute approximate surface area is 151 Å². The third-order valence-corrected chi connectivity index (χ3v) is 4.72. The van der Waals surface area contributed by atoms with Gasteiger partial charge in [-0.1, -0.05) is 0 Å². The van der Waals surface area contributed by atoms with E-state index in [2.05, 4.69) is 19.9 Å². The van der Waals surface area contributed by atoms with Gasteiger partial charge in [0.1, 0.15) is 11.4 Å². The Hall–Kier alpha value is -3.16. The Morgan fingerprint density at radius 2 is 1.88 bits per heavy atom. The van der Waals surface area contributed by atoms with Gasteiger partial charge in [0.15, 0.2) is 0 Å². The maximum atomic E-state index is 12.5. The monoisotopic (exact) mass is 349 g/mol. The summed E-state index contributed by atoms with van der Waals surface area (Å²) in [6.45, 7) is 1.36. The number of imidazole rings is 1. The zero-order chi connectivity index (χ0) is 17.9. The van der Waals surface area contributed by atoms with E-state index in [1.54, 1.807) is 31.1 Å². The number of piperidine rings is 1. The van der Waals surface area contributed by atoms with E-state index in [-0.39, 0.29) is 5.91 Å². The summed E-state index contributed by atoms with van der Waals surface area (Å²) >= 11 is 0. The molecule has 1 aliphatic rings. The first-order chi connectivity index (χ1) is 12.7. The summed E-state index contributed by atoms with van der Waals surface area (Å²) in [6, 6.07) is 0. The second kappa shape index (κ2) is 6.99. The third-order valence-electron chi connectivity index (χ3n) is 4.72. The van der Waals surface area contributed by atoms with Gasteiger partial charge in [-0.3, -0.25) is 14.8 Å². The number of nitrogens with zero attached hydrogens (tertiary/aromatic N) is 7. The molecule has 1 aliphatic heterocycles. The summed E-state index contributed by atoms with van der Waals surface area (Å²) in [6.07, 6.45) is 13.5. The lowest BCUT2D eigenvalue weighted by molar-refractivity contribution is 0.0705. The lowest BCUT2D eigenvalue weighted by atomic mass is 9.93. The number of aromatic nitrogens is 6. The van der Waals surface area contributed by atoms with Gasteiger partial charge in [0.25, 0.3) is 5.91 Å². The number of carbonyl (C=O) groups is 1. The highest BCUT2D eigenvalue weighted by atomic mass is 16.2. The van der Waals surface area contributed by atoms with Gasteiger partial charge in [0.2, 0.25) is 0 Å². The van der Waals surface area contributed by atoms with E-state index in [0.717, 1.165) is 29.9 Å². The summed E-state index contributed by atoms with van der Waals surface area (Å²) in [5.41, 5.74) is 3.12. The van der Waals surface area contributed by atoms with E-state index in [1.807, 2.05) is 22.7 Å². The maximum Gasteiger partial charge on any atom is 0.274 e. The second-order valence-electron chi connectivity index (χ2n) is 6.38. The highest BCUT2D eigenvalue weighted by Crippen LogP contribution is 2.28. The number of likely N-dealkylation sites (tertiary alicyclic amines) is 1. The molecule has 8 heteroatoms. The zero-order valence-corrected chi connectivity index (χ0v) is 14.5. The van der Waals surface area contributed by atoms with Crippen LogP contribution in [0.2, 0.25) is 0 Å². The van der Waals surface area contributed by atoms with Gasteiger partial charge in [-0.05, 0) is 12.8 Å². The molecule has 0 bridgehead atoms. The molecular formula is C18H19N7O. The average molecular weight is 349 g/mol. The number of carbonyl (C=O) groups excluding carboxylic acids is 1. The third kappa shape index (κ3) is 3.17. The van der Waals surface area contributed by atoms with Crippen molar-refractivity contribution in [2.75, 3.05) is 13.1 Å². The van der Waals surface area contributed by atoms with E-state index in [1.165, 1.54) is 6.20 Å². The van der Waals surface area contributed by atoms with Crippen molar-refractivity contribution in [2.45, 2.75) is 18.8 Å². The fourth-order valence-corrected chi connectivity index (χ4v) is 3.26. The number of hydrogen-bond acceptors (Lipinski definition) is 6. The fraction of sp³-hybridized carbons (Fsp3) is 0.333. The van der Waals surface area contributed by atoms with Crippen molar-refractivity contribution in [3.8, 4) is 11.4 Å². The van der Waals surface area contributed by atoms with Gasteiger partial charge in [-0.15, -0.1) is 0 Å². The van der Waals surface area contributed by atoms with Crippen LogP contribution in [-0.2, 0) is 7.05 Å². The van der Waals surface area contributed by atoms with Gasteiger partial charge >= 0.3 is 0 Å². The number of hydrogen-bond donors (Lipinski definition) is 0. The predicted octanol–water partition coefficient (Wildman–Crippen LogP) is 1.69. The molecule has 4 rings (SSSR count). The fourth-order valence-electron chi connectivity index (χ4n) is 3.26. The summed E-state index contributed by atoms with van der Waals surface area (Å²) in [4.78, 5) is 35.6. The topological polar surface area (TPSA) is 89.7 Å². The average Bonchev–Trinajstić information content (AvgIpc) is 3.14. The minimum atomic E-state index is -0.0636. The van der Waals surface area contributed by atoms with Crippen LogP contribution in [0.1, 0.15) is 34.9 Å². The van der Waals surface area contributed by atoms with Crippen LogP contribution in [0, 0.1) is 0 Å². The summed E-state index contributed by atoms with van der Waals surface area (Å²) in [5, 5.41) is 0. The predicted molar refractivity (Wildman–Crippen MR) is 94.1 cm³/mol. The first-order valence-corrected chi connectivity index (χ1v) is 8.56. The minimum Gasteiger partial charge on any atom is -0.337 e. The molecule has 0 saturated carbocycles. The van der Waals surface area contributed by atoms with Crippen molar-refractivity contribution in [3.05, 3.63) is 54.9 Å². The van der Waals surface area contributed by atoms with Gasteiger partial charge in [-0.25, -0.2) is 15.0 Å². The second-order valence-corrected chi connectivity index (χ2v) is 6.38. The molecular weight excluding hydrogens is 330 g/mol. The van der Waals surface area contributed by atoms with Crippen molar-refractivity contribution < 1.29 is 4.79 Å². The molecule has 3 aromatic rings. The Bertz CT molecular complexity index is 901. The van der Waals surface area contributed by atoms with E-state index in [4.69, 9.17) is 4.98 Å². The summed E-state index contributed by atoms with van der Waals surface area (Å²) in [5.74, 6) is 0.229. The van der Waals surface area contributed by atoms with E-state index in [9.17, 15) is 4.79 Å². The first-order valence-electron chi connectivity index (χ1n) is 8.56. The van der Waals surface area contributed by atoms with Gasteiger partial charge in [0, 0.05) is 44.6 Å². The molecule has 1 saturated heterocycles. The zero-order valence-electron chi connectivity index (χ0n) is 14.5. The highest BCUT2D eigenvalue weighted by Gasteiger charge is 2.26. The molecule has 0 radical (unpaired) electrons. The molecule has 26 heavy (non-hydrogen) atoms. The molecule has 0 aliphatic carbocycles. The molecule has 3 aromatic heterocycles. The quantitative estimate of drug-likeness (QED) is 0.715. The van der Waals surface area contributed by atoms with Gasteiger partial charge < -0.3 is 9.47 Å². The van der Waals surface area contributed by atoms with Crippen molar-refractivity contribution >= 4 is 5.91 Å². The van der Waals surface area contributed by atoms with E-state index < -0.39 is 0 Å². The summed E-state index contributed by atoms with van der Waals surface area (Å²) < 4.78 is 1.93. The van der Waals surface area contributed by atoms with Gasteiger partial charge in [0.05, 0.1) is 36.3 Å². The molecule has 132 valence electrons. The molecule has 0 atom stereocenters. The van der Waals surface area contributed by atoms with Crippen LogP contribution in [0.4, 0.5) is 0 Å². The van der Waals surface area contributed by atoms with Crippen LogP contribution in [0.15, 0.2) is 43.5 Å². The molecule has 1 amide bonds. The molecule has 0 N–H and O–H groups in total. The SMILES string of the molecule is Cn1cncc1-c1cncc(C2CCN(C(=O)c3cnccn3)CC2)n1. The largest absolute Gasteiger partial charge is 0.337 e. The number of amides is 1. The lowest BCUT2D eigenvalue weighted by Gasteiger charge is -2.31.